The summed E-state index contributed by atoms with van der Waals surface area (Å²) >= 11 is 0. The number of anilines is 2. The van der Waals surface area contributed by atoms with Crippen molar-refractivity contribution in [1.29, 1.82) is 0 Å². The largest absolute Gasteiger partial charge is 0.494 e. The van der Waals surface area contributed by atoms with E-state index in [1.54, 1.807) is 13.2 Å². The zero-order chi connectivity index (χ0) is 22.1. The highest BCUT2D eigenvalue weighted by atomic mass is 19.1. The zero-order valence-electron chi connectivity index (χ0n) is 18.7. The number of Topliss-reactive ketones (excluding diaryl/α,β-unsaturated/α-hetero) is 1. The van der Waals surface area contributed by atoms with E-state index in [0.717, 1.165) is 57.5 Å². The fourth-order valence-electron chi connectivity index (χ4n) is 5.42. The van der Waals surface area contributed by atoms with E-state index in [1.165, 1.54) is 29.8 Å². The number of nitrogens with zero attached hydrogens (tertiary/aromatic N) is 2. The van der Waals surface area contributed by atoms with Crippen LogP contribution in [0.1, 0.15) is 31.2 Å². The number of benzene rings is 2. The van der Waals surface area contributed by atoms with Gasteiger partial charge in [-0.3, -0.25) is 9.69 Å². The lowest BCUT2D eigenvalue weighted by Crippen LogP contribution is -2.60. The number of ketones is 1. The molecule has 1 saturated carbocycles. The summed E-state index contributed by atoms with van der Waals surface area (Å²) in [6.45, 7) is 3.20. The van der Waals surface area contributed by atoms with Crippen LogP contribution in [0.4, 0.5) is 15.8 Å². The molecule has 2 unspecified atom stereocenters. The minimum absolute atomic E-state index is 0.0917. The standard InChI is InChI=1S/C26H32FN3O2/c1-32-24-17-20(27)10-12-23(24)29-13-15-30(16-14-29)25(26(31)19-6-4-7-19)22-11-9-18-5-2-3-8-21(18)28-22/h2-3,5,8,10,12,17,19,22,25,28H,4,6-7,9,11,13-16H2,1H3. The first-order chi connectivity index (χ1) is 15.6. The quantitative estimate of drug-likeness (QED) is 0.737. The molecule has 0 spiro atoms. The predicted octanol–water partition coefficient (Wildman–Crippen LogP) is 4.12. The van der Waals surface area contributed by atoms with Crippen molar-refractivity contribution >= 4 is 17.2 Å². The highest BCUT2D eigenvalue weighted by molar-refractivity contribution is 5.88. The lowest BCUT2D eigenvalue weighted by atomic mass is 9.76. The summed E-state index contributed by atoms with van der Waals surface area (Å²) in [5.74, 6) is 0.903. The second-order valence-corrected chi connectivity index (χ2v) is 9.26. The summed E-state index contributed by atoms with van der Waals surface area (Å²) < 4.78 is 19.0. The van der Waals surface area contributed by atoms with Crippen LogP contribution in [-0.2, 0) is 11.2 Å². The van der Waals surface area contributed by atoms with Gasteiger partial charge >= 0.3 is 0 Å². The van der Waals surface area contributed by atoms with Gasteiger partial charge in [-0.15, -0.1) is 0 Å². The van der Waals surface area contributed by atoms with E-state index in [-0.39, 0.29) is 23.8 Å². The number of rotatable bonds is 6. The van der Waals surface area contributed by atoms with Crippen molar-refractivity contribution in [2.45, 2.75) is 44.2 Å². The lowest BCUT2D eigenvalue weighted by Gasteiger charge is -2.45. The van der Waals surface area contributed by atoms with Crippen molar-refractivity contribution in [3.05, 3.63) is 53.8 Å². The van der Waals surface area contributed by atoms with Crippen LogP contribution in [0.3, 0.4) is 0 Å². The summed E-state index contributed by atoms with van der Waals surface area (Å²) in [7, 11) is 1.58. The molecule has 1 N–H and O–H groups in total. The predicted molar refractivity (Wildman–Crippen MR) is 125 cm³/mol. The molecule has 2 aromatic carbocycles. The van der Waals surface area contributed by atoms with Crippen molar-refractivity contribution in [1.82, 2.24) is 4.90 Å². The Hall–Kier alpha value is -2.60. The van der Waals surface area contributed by atoms with Crippen molar-refractivity contribution in [3.63, 3.8) is 0 Å². The van der Waals surface area contributed by atoms with Crippen LogP contribution in [-0.4, -0.2) is 56.1 Å². The van der Waals surface area contributed by atoms with E-state index in [4.69, 9.17) is 4.74 Å². The molecule has 2 fully saturated rings. The van der Waals surface area contributed by atoms with Gasteiger partial charge in [0, 0.05) is 49.9 Å². The molecule has 0 amide bonds. The molecular weight excluding hydrogens is 405 g/mol. The van der Waals surface area contributed by atoms with Gasteiger partial charge in [-0.05, 0) is 49.4 Å². The number of nitrogens with one attached hydrogen (secondary N) is 1. The maximum atomic E-state index is 13.6. The summed E-state index contributed by atoms with van der Waals surface area (Å²) in [5.41, 5.74) is 3.43. The van der Waals surface area contributed by atoms with Crippen LogP contribution < -0.4 is 15.0 Å². The third-order valence-corrected chi connectivity index (χ3v) is 7.45. The highest BCUT2D eigenvalue weighted by Crippen LogP contribution is 2.35. The van der Waals surface area contributed by atoms with Crippen LogP contribution >= 0.6 is 0 Å². The van der Waals surface area contributed by atoms with Gasteiger partial charge in [0.05, 0.1) is 18.8 Å². The van der Waals surface area contributed by atoms with Crippen molar-refractivity contribution in [2.75, 3.05) is 43.5 Å². The second kappa shape index (κ2) is 9.10. The fourth-order valence-corrected chi connectivity index (χ4v) is 5.42. The van der Waals surface area contributed by atoms with Crippen LogP contribution in [0.15, 0.2) is 42.5 Å². The van der Waals surface area contributed by atoms with Gasteiger partial charge in [-0.1, -0.05) is 24.6 Å². The maximum Gasteiger partial charge on any atom is 0.155 e. The summed E-state index contributed by atoms with van der Waals surface area (Å²) in [4.78, 5) is 18.2. The lowest BCUT2D eigenvalue weighted by molar-refractivity contribution is -0.131. The molecular formula is C26H32FN3O2. The molecule has 0 bridgehead atoms. The van der Waals surface area contributed by atoms with Crippen molar-refractivity contribution in [2.24, 2.45) is 5.92 Å². The molecule has 32 heavy (non-hydrogen) atoms. The van der Waals surface area contributed by atoms with Crippen LogP contribution in [0.25, 0.3) is 0 Å². The topological polar surface area (TPSA) is 44.8 Å². The Balaban J connectivity index is 1.33. The number of hydrogen-bond donors (Lipinski definition) is 1. The van der Waals surface area contributed by atoms with Gasteiger partial charge in [0.2, 0.25) is 0 Å². The van der Waals surface area contributed by atoms with Gasteiger partial charge < -0.3 is 15.0 Å². The number of methoxy groups -OCH3 is 1. The Labute approximate surface area is 189 Å². The molecule has 5 rings (SSSR count). The van der Waals surface area contributed by atoms with E-state index in [1.807, 2.05) is 0 Å². The summed E-state index contributed by atoms with van der Waals surface area (Å²) in [5, 5.41) is 3.71. The Kier molecular flexibility index (Phi) is 6.05. The average molecular weight is 438 g/mol. The Bertz CT molecular complexity index is 969. The van der Waals surface area contributed by atoms with E-state index < -0.39 is 0 Å². The number of fused-ring (bicyclic) bond motifs is 1. The number of piperazine rings is 1. The minimum atomic E-state index is -0.293. The van der Waals surface area contributed by atoms with Crippen molar-refractivity contribution < 1.29 is 13.9 Å². The SMILES string of the molecule is COc1cc(F)ccc1N1CCN(C(C(=O)C2CCC2)C2CCc3ccccc3N2)CC1. The van der Waals surface area contributed by atoms with E-state index >= 15 is 0 Å². The van der Waals surface area contributed by atoms with E-state index in [0.29, 0.717) is 11.5 Å². The van der Waals surface area contributed by atoms with Crippen molar-refractivity contribution in [3.8, 4) is 5.75 Å². The number of hydrogen-bond acceptors (Lipinski definition) is 5. The third kappa shape index (κ3) is 4.08. The maximum absolute atomic E-state index is 13.6. The molecule has 2 heterocycles. The first-order valence-electron chi connectivity index (χ1n) is 11.8. The highest BCUT2D eigenvalue weighted by Gasteiger charge is 2.41. The number of carbonyl (C=O) groups is 1. The number of halogens is 1. The smallest absolute Gasteiger partial charge is 0.155 e. The zero-order valence-corrected chi connectivity index (χ0v) is 18.7. The Morgan fingerprint density at radius 3 is 2.59 bits per heavy atom. The van der Waals surface area contributed by atoms with Crippen LogP contribution in [0.5, 0.6) is 5.75 Å². The molecule has 2 aliphatic heterocycles. The molecule has 170 valence electrons. The van der Waals surface area contributed by atoms with E-state index in [9.17, 15) is 9.18 Å². The third-order valence-electron chi connectivity index (χ3n) is 7.45. The van der Waals surface area contributed by atoms with Gasteiger partial charge in [0.15, 0.2) is 5.78 Å². The molecule has 0 radical (unpaired) electrons. The Morgan fingerprint density at radius 1 is 1.09 bits per heavy atom. The summed E-state index contributed by atoms with van der Waals surface area (Å²) in [6, 6.07) is 13.2. The first-order valence-corrected chi connectivity index (χ1v) is 11.8. The average Bonchev–Trinajstić information content (AvgIpc) is 2.78. The molecule has 3 aliphatic rings. The molecule has 6 heteroatoms. The number of ether oxygens (including phenoxy) is 1. The minimum Gasteiger partial charge on any atom is -0.494 e. The van der Waals surface area contributed by atoms with Gasteiger partial charge in [0.25, 0.3) is 0 Å². The van der Waals surface area contributed by atoms with Crippen LogP contribution in [0, 0.1) is 11.7 Å². The number of aryl methyl sites for hydroxylation is 1. The molecule has 5 nitrogen and oxygen atoms in total. The van der Waals surface area contributed by atoms with Crippen LogP contribution in [0.2, 0.25) is 0 Å². The second-order valence-electron chi connectivity index (χ2n) is 9.26. The molecule has 0 aromatic heterocycles. The summed E-state index contributed by atoms with van der Waals surface area (Å²) in [6.07, 6.45) is 5.22. The molecule has 1 saturated heterocycles. The van der Waals surface area contributed by atoms with Gasteiger partial charge in [-0.2, -0.15) is 0 Å². The van der Waals surface area contributed by atoms with Gasteiger partial charge in [0.1, 0.15) is 11.6 Å². The normalized spacial score (nSPS) is 22.4. The van der Waals surface area contributed by atoms with E-state index in [2.05, 4.69) is 39.4 Å². The fraction of sp³-hybridized carbons (Fsp3) is 0.500. The number of para-hydroxylation sites is 1. The van der Waals surface area contributed by atoms with Gasteiger partial charge in [-0.25, -0.2) is 4.39 Å². The first kappa shape index (κ1) is 21.3. The molecule has 1 aliphatic carbocycles. The Morgan fingerprint density at radius 2 is 1.88 bits per heavy atom. The molecule has 2 aromatic rings. The molecule has 2 atom stereocenters. The monoisotopic (exact) mass is 437 g/mol. The number of carbonyl (C=O) groups excluding carboxylic acids is 1.